The van der Waals surface area contributed by atoms with Crippen LogP contribution in [0.2, 0.25) is 0 Å². The first-order chi connectivity index (χ1) is 6.54. The molecule has 0 aliphatic carbocycles. The van der Waals surface area contributed by atoms with Gasteiger partial charge in [0.05, 0.1) is 6.04 Å². The van der Waals surface area contributed by atoms with E-state index in [4.69, 9.17) is 5.73 Å². The molecule has 2 N–H and O–H groups in total. The number of aromatic nitrogens is 3. The van der Waals surface area contributed by atoms with Crippen molar-refractivity contribution in [3.63, 3.8) is 0 Å². The van der Waals surface area contributed by atoms with Gasteiger partial charge in [-0.1, -0.05) is 20.8 Å². The molecule has 1 rings (SSSR count). The molecule has 0 radical (unpaired) electrons. The van der Waals surface area contributed by atoms with Crippen LogP contribution in [0.4, 0.5) is 0 Å². The molecule has 0 fully saturated rings. The van der Waals surface area contributed by atoms with Crippen LogP contribution < -0.4 is 5.73 Å². The van der Waals surface area contributed by atoms with E-state index in [-0.39, 0.29) is 6.04 Å². The third kappa shape index (κ3) is 2.54. The average Bonchev–Trinajstić information content (AvgIpc) is 2.44. The zero-order chi connectivity index (χ0) is 10.7. The minimum atomic E-state index is 0.00779. The summed E-state index contributed by atoms with van der Waals surface area (Å²) < 4.78 is 1.80. The summed E-state index contributed by atoms with van der Waals surface area (Å²) in [5.74, 6) is 2.38. The Morgan fingerprint density at radius 3 is 2.57 bits per heavy atom. The van der Waals surface area contributed by atoms with Crippen molar-refractivity contribution in [2.45, 2.75) is 39.7 Å². The predicted octanol–water partition coefficient (Wildman–Crippen LogP) is 1.42. The number of nitrogens with zero attached hydrogens (tertiary/aromatic N) is 3. The Morgan fingerprint density at radius 1 is 1.43 bits per heavy atom. The van der Waals surface area contributed by atoms with Crippen LogP contribution in [0, 0.1) is 5.92 Å². The van der Waals surface area contributed by atoms with Crippen LogP contribution in [0.5, 0.6) is 0 Å². The number of hydrogen-bond acceptors (Lipinski definition) is 3. The van der Waals surface area contributed by atoms with E-state index in [9.17, 15) is 0 Å². The highest BCUT2D eigenvalue weighted by Crippen LogP contribution is 2.12. The monoisotopic (exact) mass is 196 g/mol. The molecule has 0 bridgehead atoms. The zero-order valence-corrected chi connectivity index (χ0v) is 9.49. The van der Waals surface area contributed by atoms with Crippen LogP contribution in [-0.2, 0) is 13.5 Å². The van der Waals surface area contributed by atoms with Gasteiger partial charge in [-0.2, -0.15) is 5.10 Å². The van der Waals surface area contributed by atoms with Crippen molar-refractivity contribution >= 4 is 0 Å². The Kier molecular flexibility index (Phi) is 3.63. The lowest BCUT2D eigenvalue weighted by atomic mass is 10.1. The Labute approximate surface area is 85.5 Å². The standard InChI is InChI=1S/C10H20N4/c1-5-8(11)10-12-9(6-7(2)3)13-14(10)4/h7-8H,5-6,11H2,1-4H3. The van der Waals surface area contributed by atoms with E-state index < -0.39 is 0 Å². The molecule has 4 heteroatoms. The van der Waals surface area contributed by atoms with Gasteiger partial charge < -0.3 is 5.73 Å². The minimum absolute atomic E-state index is 0.00779. The first kappa shape index (κ1) is 11.2. The van der Waals surface area contributed by atoms with E-state index in [0.29, 0.717) is 5.92 Å². The fourth-order valence-electron chi connectivity index (χ4n) is 1.41. The van der Waals surface area contributed by atoms with Gasteiger partial charge in [0.15, 0.2) is 5.82 Å². The molecule has 0 saturated heterocycles. The van der Waals surface area contributed by atoms with E-state index in [0.717, 1.165) is 24.5 Å². The normalized spacial score (nSPS) is 13.6. The second kappa shape index (κ2) is 4.55. The molecule has 1 aromatic rings. The molecule has 0 spiro atoms. The Morgan fingerprint density at radius 2 is 2.07 bits per heavy atom. The zero-order valence-electron chi connectivity index (χ0n) is 9.49. The molecule has 14 heavy (non-hydrogen) atoms. The molecular weight excluding hydrogens is 176 g/mol. The fraction of sp³-hybridized carbons (Fsp3) is 0.800. The van der Waals surface area contributed by atoms with Gasteiger partial charge in [-0.15, -0.1) is 0 Å². The van der Waals surface area contributed by atoms with Crippen LogP contribution >= 0.6 is 0 Å². The Balaban J connectivity index is 2.82. The lowest BCUT2D eigenvalue weighted by Crippen LogP contribution is -2.14. The summed E-state index contributed by atoms with van der Waals surface area (Å²) in [4.78, 5) is 4.45. The molecule has 4 nitrogen and oxygen atoms in total. The van der Waals surface area contributed by atoms with Crippen molar-refractivity contribution in [3.05, 3.63) is 11.6 Å². The quantitative estimate of drug-likeness (QED) is 0.792. The van der Waals surface area contributed by atoms with Gasteiger partial charge in [0.1, 0.15) is 5.82 Å². The number of hydrogen-bond donors (Lipinski definition) is 1. The van der Waals surface area contributed by atoms with Gasteiger partial charge in [0, 0.05) is 13.5 Å². The van der Waals surface area contributed by atoms with E-state index in [2.05, 4.69) is 30.9 Å². The third-order valence-corrected chi connectivity index (χ3v) is 2.20. The second-order valence-corrected chi connectivity index (χ2v) is 4.12. The van der Waals surface area contributed by atoms with Crippen molar-refractivity contribution in [2.24, 2.45) is 18.7 Å². The number of nitrogens with two attached hydrogens (primary N) is 1. The highest BCUT2D eigenvalue weighted by molar-refractivity contribution is 4.98. The number of rotatable bonds is 4. The van der Waals surface area contributed by atoms with E-state index in [1.165, 1.54) is 0 Å². The molecule has 0 amide bonds. The molecule has 0 saturated carbocycles. The van der Waals surface area contributed by atoms with E-state index in [1.807, 2.05) is 7.05 Å². The highest BCUT2D eigenvalue weighted by atomic mass is 15.3. The van der Waals surface area contributed by atoms with Gasteiger partial charge in [-0.05, 0) is 12.3 Å². The van der Waals surface area contributed by atoms with Crippen molar-refractivity contribution in [1.82, 2.24) is 14.8 Å². The topological polar surface area (TPSA) is 56.7 Å². The SMILES string of the molecule is CCC(N)c1nc(CC(C)C)nn1C. The summed E-state index contributed by atoms with van der Waals surface area (Å²) in [6.45, 7) is 6.38. The van der Waals surface area contributed by atoms with Crippen LogP contribution in [0.3, 0.4) is 0 Å². The Bertz CT molecular complexity index is 290. The summed E-state index contributed by atoms with van der Waals surface area (Å²) in [7, 11) is 1.90. The van der Waals surface area contributed by atoms with Crippen LogP contribution in [0.25, 0.3) is 0 Å². The molecule has 80 valence electrons. The van der Waals surface area contributed by atoms with E-state index >= 15 is 0 Å². The van der Waals surface area contributed by atoms with Crippen molar-refractivity contribution in [1.29, 1.82) is 0 Å². The van der Waals surface area contributed by atoms with Crippen LogP contribution in [0.15, 0.2) is 0 Å². The van der Waals surface area contributed by atoms with E-state index in [1.54, 1.807) is 4.68 Å². The Hall–Kier alpha value is -0.900. The molecule has 0 aromatic carbocycles. The molecule has 1 heterocycles. The van der Waals surface area contributed by atoms with Crippen LogP contribution in [-0.4, -0.2) is 14.8 Å². The fourth-order valence-corrected chi connectivity index (χ4v) is 1.41. The predicted molar refractivity (Wildman–Crippen MR) is 56.8 cm³/mol. The minimum Gasteiger partial charge on any atom is -0.321 e. The summed E-state index contributed by atoms with van der Waals surface area (Å²) in [5.41, 5.74) is 5.92. The average molecular weight is 196 g/mol. The molecule has 0 aliphatic heterocycles. The second-order valence-electron chi connectivity index (χ2n) is 4.12. The first-order valence-electron chi connectivity index (χ1n) is 5.20. The van der Waals surface area contributed by atoms with Gasteiger partial charge in [-0.3, -0.25) is 4.68 Å². The van der Waals surface area contributed by atoms with Crippen molar-refractivity contribution < 1.29 is 0 Å². The molecule has 0 aliphatic rings. The largest absolute Gasteiger partial charge is 0.321 e. The summed E-state index contributed by atoms with van der Waals surface area (Å²) in [6, 6.07) is 0.00779. The summed E-state index contributed by atoms with van der Waals surface area (Å²) in [5, 5.41) is 4.35. The smallest absolute Gasteiger partial charge is 0.151 e. The van der Waals surface area contributed by atoms with Crippen molar-refractivity contribution in [3.8, 4) is 0 Å². The molecule has 1 atom stereocenters. The van der Waals surface area contributed by atoms with Gasteiger partial charge in [0.2, 0.25) is 0 Å². The van der Waals surface area contributed by atoms with Gasteiger partial charge >= 0.3 is 0 Å². The summed E-state index contributed by atoms with van der Waals surface area (Å²) in [6.07, 6.45) is 1.82. The maximum absolute atomic E-state index is 5.92. The lowest BCUT2D eigenvalue weighted by Gasteiger charge is -2.05. The lowest BCUT2D eigenvalue weighted by molar-refractivity contribution is 0.587. The molecule has 1 unspecified atom stereocenters. The van der Waals surface area contributed by atoms with Crippen molar-refractivity contribution in [2.75, 3.05) is 0 Å². The molecule has 1 aromatic heterocycles. The maximum atomic E-state index is 5.92. The van der Waals surface area contributed by atoms with Crippen LogP contribution in [0.1, 0.15) is 44.9 Å². The number of aryl methyl sites for hydroxylation is 1. The highest BCUT2D eigenvalue weighted by Gasteiger charge is 2.13. The first-order valence-corrected chi connectivity index (χ1v) is 5.20. The summed E-state index contributed by atoms with van der Waals surface area (Å²) >= 11 is 0. The third-order valence-electron chi connectivity index (χ3n) is 2.20. The molecular formula is C10H20N4. The van der Waals surface area contributed by atoms with Gasteiger partial charge in [-0.25, -0.2) is 4.98 Å². The van der Waals surface area contributed by atoms with Gasteiger partial charge in [0.25, 0.3) is 0 Å². The maximum Gasteiger partial charge on any atom is 0.151 e.